The number of benzene rings is 2. The number of primary amides is 1. The number of nitrogens with zero attached hydrogens (tertiary/aromatic N) is 7. The van der Waals surface area contributed by atoms with E-state index in [0.29, 0.717) is 28.4 Å². The Bertz CT molecular complexity index is 1780. The van der Waals surface area contributed by atoms with Crippen LogP contribution >= 0.6 is 39.1 Å². The van der Waals surface area contributed by atoms with Crippen LogP contribution in [0.15, 0.2) is 59.2 Å². The molecule has 0 aliphatic carbocycles. The number of pyridine rings is 1. The predicted molar refractivity (Wildman–Crippen MR) is 154 cm³/mol. The molecule has 2 amide bonds. The summed E-state index contributed by atoms with van der Waals surface area (Å²) < 4.78 is 2.18. The Morgan fingerprint density at radius 2 is 1.88 bits per heavy atom. The van der Waals surface area contributed by atoms with Gasteiger partial charge in [0.25, 0.3) is 11.8 Å². The van der Waals surface area contributed by atoms with Gasteiger partial charge in [0, 0.05) is 26.8 Å². The lowest BCUT2D eigenvalue weighted by atomic mass is 10.1. The van der Waals surface area contributed by atoms with E-state index in [9.17, 15) is 9.59 Å². The molecule has 0 spiro atoms. The molecule has 0 aliphatic rings. The zero-order valence-electron chi connectivity index (χ0n) is 21.1. The highest BCUT2D eigenvalue weighted by atomic mass is 79.9. The number of anilines is 1. The molecule has 0 unspecified atom stereocenters. The second-order valence-corrected chi connectivity index (χ2v) is 10.4. The highest BCUT2D eigenvalue weighted by molar-refractivity contribution is 9.10. The summed E-state index contributed by atoms with van der Waals surface area (Å²) in [7, 11) is 0. The van der Waals surface area contributed by atoms with Gasteiger partial charge in [-0.05, 0) is 60.5 Å². The summed E-state index contributed by atoms with van der Waals surface area (Å²) in [4.78, 5) is 31.7. The monoisotopic (exact) mass is 639 g/mol. The SMILES string of the molecule is CCc1c(-n2nnc(-c3cccc(Br)c3)n2)nn(-c2ncccc2Cl)c1C(=O)Nc1c(C)cc(Cl)cc1C(N)=O. The molecule has 40 heavy (non-hydrogen) atoms. The average Bonchev–Trinajstić information content (AvgIpc) is 3.55. The Kier molecular flexibility index (Phi) is 7.66. The fourth-order valence-electron chi connectivity index (χ4n) is 4.17. The number of aryl methyl sites for hydroxylation is 1. The molecule has 0 saturated heterocycles. The molecule has 0 aliphatic heterocycles. The van der Waals surface area contributed by atoms with Crippen LogP contribution in [0.2, 0.25) is 10.0 Å². The normalized spacial score (nSPS) is 11.0. The van der Waals surface area contributed by atoms with Crippen molar-refractivity contribution in [3.8, 4) is 23.0 Å². The van der Waals surface area contributed by atoms with Crippen LogP contribution in [-0.4, -0.2) is 46.8 Å². The summed E-state index contributed by atoms with van der Waals surface area (Å²) in [5.41, 5.74) is 7.76. The number of nitrogens with one attached hydrogen (secondary N) is 1. The van der Waals surface area contributed by atoms with E-state index in [4.69, 9.17) is 28.9 Å². The van der Waals surface area contributed by atoms with Gasteiger partial charge in [-0.1, -0.05) is 58.2 Å². The zero-order valence-corrected chi connectivity index (χ0v) is 24.2. The van der Waals surface area contributed by atoms with Crippen molar-refractivity contribution < 1.29 is 9.59 Å². The van der Waals surface area contributed by atoms with E-state index < -0.39 is 11.8 Å². The van der Waals surface area contributed by atoms with Crippen molar-refractivity contribution in [2.24, 2.45) is 5.73 Å². The van der Waals surface area contributed by atoms with Gasteiger partial charge in [-0.2, -0.15) is 0 Å². The number of aromatic nitrogens is 7. The third kappa shape index (κ3) is 5.20. The fraction of sp³-hybridized carbons (Fsp3) is 0.115. The van der Waals surface area contributed by atoms with Crippen LogP contribution in [0.5, 0.6) is 0 Å². The molecule has 202 valence electrons. The van der Waals surface area contributed by atoms with Crippen LogP contribution in [0, 0.1) is 6.92 Å². The van der Waals surface area contributed by atoms with Gasteiger partial charge in [-0.3, -0.25) is 9.59 Å². The lowest BCUT2D eigenvalue weighted by molar-refractivity contribution is 0.100. The molecule has 0 fully saturated rings. The van der Waals surface area contributed by atoms with E-state index in [-0.39, 0.29) is 33.6 Å². The summed E-state index contributed by atoms with van der Waals surface area (Å²) in [5.74, 6) is -0.498. The predicted octanol–water partition coefficient (Wildman–Crippen LogP) is 5.20. The molecule has 5 aromatic rings. The number of rotatable bonds is 7. The number of carbonyl (C=O) groups excluding carboxylic acids is 2. The minimum absolute atomic E-state index is 0.0650. The second kappa shape index (κ2) is 11.2. The highest BCUT2D eigenvalue weighted by Gasteiger charge is 2.29. The molecule has 14 heteroatoms. The molecule has 0 atom stereocenters. The lowest BCUT2D eigenvalue weighted by Crippen LogP contribution is -2.23. The van der Waals surface area contributed by atoms with Crippen molar-refractivity contribution in [3.05, 3.63) is 91.6 Å². The van der Waals surface area contributed by atoms with Crippen molar-refractivity contribution in [2.75, 3.05) is 5.32 Å². The first kappa shape index (κ1) is 27.4. The summed E-state index contributed by atoms with van der Waals surface area (Å²) >= 11 is 16.0. The van der Waals surface area contributed by atoms with Crippen molar-refractivity contribution in [1.82, 2.24) is 35.0 Å². The summed E-state index contributed by atoms with van der Waals surface area (Å²) in [6.45, 7) is 3.56. The average molecular weight is 641 g/mol. The van der Waals surface area contributed by atoms with E-state index in [1.807, 2.05) is 31.2 Å². The van der Waals surface area contributed by atoms with Crippen LogP contribution in [0.25, 0.3) is 23.0 Å². The van der Waals surface area contributed by atoms with Crippen molar-refractivity contribution in [1.29, 1.82) is 0 Å². The van der Waals surface area contributed by atoms with Crippen LogP contribution in [0.1, 0.15) is 38.9 Å². The number of amides is 2. The molecule has 0 saturated carbocycles. The molecular weight excluding hydrogens is 621 g/mol. The minimum atomic E-state index is -0.745. The molecule has 0 bridgehead atoms. The quantitative estimate of drug-likeness (QED) is 0.248. The number of halogens is 3. The molecule has 3 heterocycles. The Morgan fingerprint density at radius 3 is 2.58 bits per heavy atom. The second-order valence-electron chi connectivity index (χ2n) is 8.60. The van der Waals surface area contributed by atoms with Gasteiger partial charge >= 0.3 is 0 Å². The maximum absolute atomic E-state index is 13.9. The minimum Gasteiger partial charge on any atom is -0.366 e. The van der Waals surface area contributed by atoms with Crippen LogP contribution in [0.4, 0.5) is 5.69 Å². The maximum Gasteiger partial charge on any atom is 0.274 e. The smallest absolute Gasteiger partial charge is 0.274 e. The van der Waals surface area contributed by atoms with E-state index in [0.717, 1.165) is 10.0 Å². The third-order valence-corrected chi connectivity index (χ3v) is 6.97. The first-order valence-corrected chi connectivity index (χ1v) is 13.4. The first-order valence-electron chi connectivity index (χ1n) is 11.9. The molecule has 11 nitrogen and oxygen atoms in total. The van der Waals surface area contributed by atoms with Crippen LogP contribution in [0.3, 0.4) is 0 Å². The number of carbonyl (C=O) groups is 2. The summed E-state index contributed by atoms with van der Waals surface area (Å²) in [5, 5.41) is 20.9. The topological polar surface area (TPSA) is 146 Å². The van der Waals surface area contributed by atoms with E-state index in [1.54, 1.807) is 25.1 Å². The van der Waals surface area contributed by atoms with E-state index >= 15 is 0 Å². The number of hydrogen-bond acceptors (Lipinski definition) is 7. The van der Waals surface area contributed by atoms with Gasteiger partial charge in [-0.25, -0.2) is 9.67 Å². The Hall–Kier alpha value is -4.13. The van der Waals surface area contributed by atoms with Crippen molar-refractivity contribution in [3.63, 3.8) is 0 Å². The number of hydrogen-bond donors (Lipinski definition) is 2. The van der Waals surface area contributed by atoms with Crippen LogP contribution < -0.4 is 11.1 Å². The largest absolute Gasteiger partial charge is 0.366 e. The van der Waals surface area contributed by atoms with Crippen LogP contribution in [-0.2, 0) is 6.42 Å². The molecule has 5 rings (SSSR count). The third-order valence-electron chi connectivity index (χ3n) is 5.96. The zero-order chi connectivity index (χ0) is 28.6. The Balaban J connectivity index is 1.67. The summed E-state index contributed by atoms with van der Waals surface area (Å²) in [6, 6.07) is 13.8. The van der Waals surface area contributed by atoms with E-state index in [2.05, 4.69) is 46.7 Å². The highest BCUT2D eigenvalue weighted by Crippen LogP contribution is 2.29. The molecular formula is C26H20BrCl2N9O2. The van der Waals surface area contributed by atoms with Gasteiger partial charge in [0.2, 0.25) is 11.6 Å². The van der Waals surface area contributed by atoms with Gasteiger partial charge in [0.15, 0.2) is 5.82 Å². The number of tetrazole rings is 1. The van der Waals surface area contributed by atoms with Crippen molar-refractivity contribution >= 4 is 56.6 Å². The summed E-state index contributed by atoms with van der Waals surface area (Å²) in [6.07, 6.45) is 1.89. The fourth-order valence-corrected chi connectivity index (χ4v) is 5.04. The molecule has 3 N–H and O–H groups in total. The van der Waals surface area contributed by atoms with Gasteiger partial charge in [-0.15, -0.1) is 20.1 Å². The van der Waals surface area contributed by atoms with Gasteiger partial charge in [0.1, 0.15) is 5.69 Å². The standard InChI is InChI=1S/C26H20BrCl2N9O2/c1-3-17-21(26(40)32-20-13(2)10-16(28)12-18(20)22(30)39)37(25-19(29)8-5-9-31-25)35-24(17)38-34-23(33-36-38)14-6-4-7-15(27)11-14/h4-12H,3H2,1-2H3,(H2,30,39)(H,32,40). The molecule has 2 aromatic carbocycles. The van der Waals surface area contributed by atoms with E-state index in [1.165, 1.54) is 21.7 Å². The maximum atomic E-state index is 13.9. The lowest BCUT2D eigenvalue weighted by Gasteiger charge is -2.14. The van der Waals surface area contributed by atoms with Gasteiger partial charge in [0.05, 0.1) is 16.3 Å². The number of nitrogens with two attached hydrogens (primary N) is 1. The van der Waals surface area contributed by atoms with Gasteiger partial charge < -0.3 is 11.1 Å². The Labute approximate surface area is 246 Å². The Morgan fingerprint density at radius 1 is 1.07 bits per heavy atom. The molecule has 0 radical (unpaired) electrons. The first-order chi connectivity index (χ1) is 19.2. The van der Waals surface area contributed by atoms with Crippen molar-refractivity contribution in [2.45, 2.75) is 20.3 Å². The molecule has 3 aromatic heterocycles.